The Hall–Kier alpha value is -2.22. The zero-order valence-electron chi connectivity index (χ0n) is 79.2. The van der Waals surface area contributed by atoms with Gasteiger partial charge in [-0.15, -0.1) is 17.0 Å². The van der Waals surface area contributed by atoms with Crippen LogP contribution < -0.4 is 77.1 Å². The number of hydrogen-bond acceptors (Lipinski definition) is 16. The smallest absolute Gasteiger partial charge is 1.00 e. The van der Waals surface area contributed by atoms with Crippen molar-refractivity contribution in [2.45, 2.75) is 82.1 Å². The van der Waals surface area contributed by atoms with Crippen molar-refractivity contribution in [1.29, 1.82) is 0 Å². The fourth-order valence-corrected chi connectivity index (χ4v) is 33.7. The summed E-state index contributed by atoms with van der Waals surface area (Å²) < 4.78 is 57.1. The Kier molecular flexibility index (Phi) is 53.1. The zero-order chi connectivity index (χ0) is 91.7. The standard InChI is InChI=1S/C21H27N2.2C15H10.3C14H21N2O2P.C9H11IS.CH4S.2CH4.BrH.4ClH.K.2Ru.H/c1-14-9-16(3)20(17(4)10-14)22-7-8-23(13-22)21-18(5)11-15(2)12-19(21)6;2*1-2-6-12(7-3-1)15-11-10-13-8-4-5-9-14(13)15;3*1-2-4-14(5-3-1)19(15-6-10-17-11-7-15)16-8-12-18-13-9-16;1-6-4-7(2)9(11-10)8(3)5-6;1-2;;;;;;;;;;;/h9-13H,7-8H2,1-6H3;2*1-9,11H;3*1-5H,6-13H2;4-5H,1-3H3;2H,1H3;2*1H4;5*1H;;;;/q-1;;;;;;;;;;;;;;;+1;2*+2;-1/p-1/i;;;;;;;1D;;;;;;;;;;;. The van der Waals surface area contributed by atoms with Gasteiger partial charge in [-0.3, -0.25) is 0 Å². The van der Waals surface area contributed by atoms with Crippen LogP contribution in [0.15, 0.2) is 254 Å². The van der Waals surface area contributed by atoms with Gasteiger partial charge in [0.15, 0.2) is 24.7 Å². The van der Waals surface area contributed by atoms with Gasteiger partial charge in [-0.1, -0.05) is 131 Å². The predicted octanol–water partition coefficient (Wildman–Crippen LogP) is 20.8. The summed E-state index contributed by atoms with van der Waals surface area (Å²) in [4.78, 5) is 6.22. The molecule has 10 aromatic rings. The number of thiol groups is 1. The molecule has 0 amide bonds. The van der Waals surface area contributed by atoms with Gasteiger partial charge in [0, 0.05) is 51.9 Å². The zero-order valence-corrected chi connectivity index (χ0v) is 95.4. The van der Waals surface area contributed by atoms with Gasteiger partial charge in [0.25, 0.3) is 0 Å². The first-order chi connectivity index (χ1) is 63.3. The van der Waals surface area contributed by atoms with Gasteiger partial charge in [-0.2, -0.15) is 47.3 Å². The van der Waals surface area contributed by atoms with E-state index in [0.29, 0.717) is 0 Å². The van der Waals surface area contributed by atoms with Crippen molar-refractivity contribution in [3.8, 4) is 0 Å². The van der Waals surface area contributed by atoms with E-state index in [1.807, 2.05) is 48.5 Å². The van der Waals surface area contributed by atoms with E-state index < -0.39 is 51.7 Å². The molecule has 7 heterocycles. The van der Waals surface area contributed by atoms with Crippen LogP contribution in [0.4, 0.5) is 11.4 Å². The van der Waals surface area contributed by atoms with Crippen molar-refractivity contribution < 1.29 is 110 Å². The molecule has 28 heteroatoms. The molecule has 0 aromatic heterocycles. The number of fused-ring (bicyclic) bond motifs is 2. The van der Waals surface area contributed by atoms with Gasteiger partial charge in [-0.25, -0.2) is 0 Å². The number of ether oxygens (including phenoxy) is 6. The molecule has 133 heavy (non-hydrogen) atoms. The van der Waals surface area contributed by atoms with Gasteiger partial charge >= 0.3 is 291 Å². The van der Waals surface area contributed by atoms with E-state index in [1.165, 1.54) is 127 Å². The molecule has 0 atom stereocenters. The minimum absolute atomic E-state index is 0. The normalized spacial score (nSPS) is 17.1. The van der Waals surface area contributed by atoms with Crippen LogP contribution in [0.1, 0.15) is 101 Å². The van der Waals surface area contributed by atoms with Gasteiger partial charge in [0.1, 0.15) is 15.9 Å². The number of allylic oxidation sites excluding steroid dienone is 2. The van der Waals surface area contributed by atoms with Crippen LogP contribution in [0.3, 0.4) is 0 Å². The van der Waals surface area contributed by atoms with E-state index in [9.17, 15) is 0 Å². The van der Waals surface area contributed by atoms with Gasteiger partial charge < -0.3 is 39.6 Å². The van der Waals surface area contributed by atoms with Crippen LogP contribution in [0.5, 0.6) is 0 Å². The molecule has 7 fully saturated rings. The first kappa shape index (κ1) is 114. The Balaban J connectivity index is 0.000000214. The SMILES string of the molecule is Br.C.C.Cc1cc(C)c(N2[CH-]N(c3c(C)cc(C)cc3C)CC2)c(C)c1.Cc1cc(C)c(SI)c(C)c1.[2H]CS.[Cl][Ru]([Cl])=[C]1C=C(c2ccccc2)c2ccccc21.[Cl][Ru]([Cl])=[C]1C=C(c2ccccc2)c2ccccc21.[H-].[K+].c1ccc([PH+](N2CCOCC2)N2CCOCC2)cc1.c1ccc([PH+](N2CCOCC2)N2CCOCC2)cc1.c1ccc([PH+](N2CCOCC2)N2CCOCC2)cc1. The molecule has 0 spiro atoms. The number of halogens is 6. The molecule has 718 valence electrons. The van der Waals surface area contributed by atoms with E-state index in [2.05, 4.69) is 341 Å². The Bertz CT molecular complexity index is 4850. The molecular formula is C105H138BrCl4IKN8O6P3Ru2S2+2. The minimum Gasteiger partial charge on any atom is -1.00 e. The van der Waals surface area contributed by atoms with Crippen LogP contribution in [-0.4, -0.2) is 213 Å². The predicted molar refractivity (Wildman–Crippen MR) is 590 cm³/mol. The Morgan fingerprint density at radius 3 is 0.782 bits per heavy atom. The summed E-state index contributed by atoms with van der Waals surface area (Å²) in [5.74, 6) is 0. The molecule has 0 radical (unpaired) electrons. The summed E-state index contributed by atoms with van der Waals surface area (Å²) in [5, 5.41) is 4.45. The fraction of sp³-hybridized carbons (Fsp3) is 0.362. The molecule has 9 aliphatic rings. The second-order valence-corrected chi connectivity index (χ2v) is 53.4. The van der Waals surface area contributed by atoms with Crippen LogP contribution in [0.25, 0.3) is 11.1 Å². The molecule has 19 rings (SSSR count). The average molecular weight is 2360 g/mol. The largest absolute Gasteiger partial charge is 1.00 e. The minimum atomic E-state index is -1.88. The summed E-state index contributed by atoms with van der Waals surface area (Å²) in [6.07, 6.45) is 4.50. The first-order valence-electron chi connectivity index (χ1n) is 45.0. The van der Waals surface area contributed by atoms with Gasteiger partial charge in [-0.05, 0) is 138 Å². The van der Waals surface area contributed by atoms with Crippen molar-refractivity contribution in [3.63, 3.8) is 0 Å². The Morgan fingerprint density at radius 2 is 0.556 bits per heavy atom. The summed E-state index contributed by atoms with van der Waals surface area (Å²) in [6, 6.07) is 83.8. The molecule has 7 saturated heterocycles. The van der Waals surface area contributed by atoms with Crippen molar-refractivity contribution in [1.82, 2.24) is 28.0 Å². The van der Waals surface area contributed by atoms with Crippen molar-refractivity contribution in [2.75, 3.05) is 187 Å². The number of anilines is 2. The average Bonchev–Trinajstić information content (AvgIpc) is 1.64. The van der Waals surface area contributed by atoms with Crippen molar-refractivity contribution in [2.24, 2.45) is 0 Å². The maximum atomic E-state index is 6.19. The van der Waals surface area contributed by atoms with E-state index in [1.54, 1.807) is 8.93 Å². The quantitative estimate of drug-likeness (QED) is 0.0369. The topological polar surface area (TPSA) is 81.3 Å². The third-order valence-electron chi connectivity index (χ3n) is 23.3. The maximum Gasteiger partial charge on any atom is 1.00 e. The van der Waals surface area contributed by atoms with Crippen LogP contribution in [-0.2, 0) is 55.5 Å². The molecule has 0 bridgehead atoms. The summed E-state index contributed by atoms with van der Waals surface area (Å²) >= 11 is 2.03. The van der Waals surface area contributed by atoms with E-state index in [4.69, 9.17) is 68.6 Å². The molecule has 14 nitrogen and oxygen atoms in total. The molecule has 0 N–H and O–H groups in total. The summed E-state index contributed by atoms with van der Waals surface area (Å²) in [7, 11) is 24.1. The van der Waals surface area contributed by atoms with Crippen LogP contribution in [0, 0.1) is 69.0 Å². The van der Waals surface area contributed by atoms with Crippen LogP contribution >= 0.6 is 123 Å². The van der Waals surface area contributed by atoms with Gasteiger partial charge in [0.05, 0.1) is 158 Å². The second-order valence-electron chi connectivity index (χ2n) is 32.4. The Morgan fingerprint density at radius 1 is 0.346 bits per heavy atom. The monoisotopic (exact) mass is 2350 g/mol. The number of hydrogen-bond donors (Lipinski definition) is 1. The van der Waals surface area contributed by atoms with E-state index in [0.717, 1.165) is 179 Å². The van der Waals surface area contributed by atoms with E-state index in [-0.39, 0.29) is 90.9 Å². The van der Waals surface area contributed by atoms with Crippen LogP contribution in [0.2, 0.25) is 0 Å². The van der Waals surface area contributed by atoms with E-state index >= 15 is 0 Å². The molecular weight excluding hydrogens is 2220 g/mol. The van der Waals surface area contributed by atoms with Crippen molar-refractivity contribution in [3.05, 3.63) is 339 Å². The second kappa shape index (κ2) is 61.7. The fourth-order valence-electron chi connectivity index (χ4n) is 17.8. The number of morpholine rings is 6. The maximum absolute atomic E-state index is 6.19. The molecule has 7 aliphatic heterocycles. The first-order valence-corrected chi connectivity index (χ1v) is 63.2. The third-order valence-corrected chi connectivity index (χ3v) is 40.5. The summed E-state index contributed by atoms with van der Waals surface area (Å²) in [5.41, 5.74) is 24.7. The molecule has 10 aromatic carbocycles. The molecule has 0 saturated carbocycles. The molecule has 0 unspecified atom stereocenters. The Labute approximate surface area is 904 Å². The number of nitrogens with zero attached hydrogens (tertiary/aromatic N) is 8. The number of aryl methyl sites for hydroxylation is 9. The number of benzene rings is 10. The third kappa shape index (κ3) is 33.7. The number of rotatable bonds is 14. The summed E-state index contributed by atoms with van der Waals surface area (Å²) in [6.45, 7) is 47.1. The van der Waals surface area contributed by atoms with Crippen molar-refractivity contribution >= 4 is 170 Å². The molecule has 2 aliphatic carbocycles. The van der Waals surface area contributed by atoms with Gasteiger partial charge in [0.2, 0.25) is 0 Å².